The molecule has 2 heterocycles. The number of aromatic nitrogens is 2. The molecule has 98 valence electrons. The summed E-state index contributed by atoms with van der Waals surface area (Å²) < 4.78 is 0. The fourth-order valence-electron chi connectivity index (χ4n) is 2.89. The molecular weight excluding hydrogens is 248 g/mol. The van der Waals surface area contributed by atoms with Crippen molar-refractivity contribution in [2.75, 3.05) is 11.9 Å². The number of halogens is 1. The summed E-state index contributed by atoms with van der Waals surface area (Å²) in [7, 11) is 0. The largest absolute Gasteiger partial charge is 0.366 e. The number of likely N-dealkylation sites (tertiary alicyclic amines) is 1. The molecule has 0 aromatic carbocycles. The highest BCUT2D eigenvalue weighted by molar-refractivity contribution is 6.29. The lowest BCUT2D eigenvalue weighted by atomic mass is 10.2. The van der Waals surface area contributed by atoms with Crippen LogP contribution in [0.25, 0.3) is 0 Å². The summed E-state index contributed by atoms with van der Waals surface area (Å²) in [5.41, 5.74) is 0. The maximum Gasteiger partial charge on any atom is 0.134 e. The van der Waals surface area contributed by atoms with E-state index >= 15 is 0 Å². The number of hydrogen-bond acceptors (Lipinski definition) is 4. The number of rotatable bonds is 3. The normalized spacial score (nSPS) is 28.6. The summed E-state index contributed by atoms with van der Waals surface area (Å²) in [6.45, 7) is 5.30. The molecule has 1 N–H and O–H groups in total. The summed E-state index contributed by atoms with van der Waals surface area (Å²) in [6.07, 6.45) is 3.92. The monoisotopic (exact) mass is 266 g/mol. The van der Waals surface area contributed by atoms with E-state index in [-0.39, 0.29) is 0 Å². The zero-order valence-electron chi connectivity index (χ0n) is 10.9. The van der Waals surface area contributed by atoms with Gasteiger partial charge in [0.1, 0.15) is 16.8 Å². The van der Waals surface area contributed by atoms with Crippen LogP contribution >= 0.6 is 11.6 Å². The van der Waals surface area contributed by atoms with Gasteiger partial charge < -0.3 is 5.32 Å². The minimum Gasteiger partial charge on any atom is -0.366 e. The Morgan fingerprint density at radius 2 is 2.17 bits per heavy atom. The predicted octanol–water partition coefficient (Wildman–Crippen LogP) is 2.48. The molecule has 0 bridgehead atoms. The molecule has 0 radical (unpaired) electrons. The number of aryl methyl sites for hydroxylation is 1. The van der Waals surface area contributed by atoms with E-state index in [1.165, 1.54) is 19.3 Å². The summed E-state index contributed by atoms with van der Waals surface area (Å²) in [4.78, 5) is 11.1. The number of nitrogens with one attached hydrogen (secondary N) is 1. The second-order valence-electron chi connectivity index (χ2n) is 5.48. The molecule has 1 aliphatic carbocycles. The Morgan fingerprint density at radius 1 is 1.39 bits per heavy atom. The van der Waals surface area contributed by atoms with Gasteiger partial charge in [0.15, 0.2) is 0 Å². The van der Waals surface area contributed by atoms with Gasteiger partial charge in [-0.15, -0.1) is 0 Å². The van der Waals surface area contributed by atoms with Crippen molar-refractivity contribution >= 4 is 17.4 Å². The van der Waals surface area contributed by atoms with Crippen molar-refractivity contribution in [2.45, 2.75) is 51.2 Å². The third kappa shape index (κ3) is 2.59. The molecule has 1 aromatic rings. The Morgan fingerprint density at radius 3 is 2.83 bits per heavy atom. The molecule has 4 nitrogen and oxygen atoms in total. The maximum absolute atomic E-state index is 5.95. The van der Waals surface area contributed by atoms with Crippen molar-refractivity contribution in [1.82, 2.24) is 14.9 Å². The van der Waals surface area contributed by atoms with E-state index in [0.717, 1.165) is 24.2 Å². The molecule has 3 rings (SSSR count). The number of anilines is 1. The summed E-state index contributed by atoms with van der Waals surface area (Å²) in [5.74, 6) is 1.57. The molecule has 2 unspecified atom stereocenters. The first-order valence-electron chi connectivity index (χ1n) is 6.65. The van der Waals surface area contributed by atoms with Crippen molar-refractivity contribution in [3.8, 4) is 0 Å². The highest BCUT2D eigenvalue weighted by Gasteiger charge is 2.38. The first kappa shape index (κ1) is 12.2. The number of hydrogen-bond donors (Lipinski definition) is 1. The van der Waals surface area contributed by atoms with E-state index in [0.29, 0.717) is 17.2 Å². The fourth-order valence-corrected chi connectivity index (χ4v) is 3.12. The third-order valence-corrected chi connectivity index (χ3v) is 3.99. The average molecular weight is 267 g/mol. The van der Waals surface area contributed by atoms with Gasteiger partial charge in [0.25, 0.3) is 0 Å². The van der Waals surface area contributed by atoms with Gasteiger partial charge in [0.05, 0.1) is 0 Å². The summed E-state index contributed by atoms with van der Waals surface area (Å²) in [6, 6.07) is 3.79. The van der Waals surface area contributed by atoms with Crippen LogP contribution < -0.4 is 5.32 Å². The van der Waals surface area contributed by atoms with Crippen LogP contribution in [0.2, 0.25) is 5.15 Å². The zero-order valence-corrected chi connectivity index (χ0v) is 11.6. The molecule has 1 saturated carbocycles. The second-order valence-corrected chi connectivity index (χ2v) is 5.86. The van der Waals surface area contributed by atoms with Crippen LogP contribution in [0.5, 0.6) is 0 Å². The van der Waals surface area contributed by atoms with Gasteiger partial charge in [-0.25, -0.2) is 9.97 Å². The van der Waals surface area contributed by atoms with Crippen molar-refractivity contribution in [2.24, 2.45) is 0 Å². The molecule has 2 fully saturated rings. The maximum atomic E-state index is 5.95. The van der Waals surface area contributed by atoms with Crippen LogP contribution in [0, 0.1) is 6.92 Å². The van der Waals surface area contributed by atoms with Crippen molar-refractivity contribution in [1.29, 1.82) is 0 Å². The Kier molecular flexibility index (Phi) is 3.16. The van der Waals surface area contributed by atoms with E-state index in [1.807, 2.05) is 6.92 Å². The van der Waals surface area contributed by atoms with Crippen molar-refractivity contribution in [3.63, 3.8) is 0 Å². The molecule has 1 aliphatic heterocycles. The first-order chi connectivity index (χ1) is 8.61. The Bertz CT molecular complexity index is 426. The summed E-state index contributed by atoms with van der Waals surface area (Å²) in [5, 5.41) is 4.00. The molecule has 2 atom stereocenters. The quantitative estimate of drug-likeness (QED) is 0.854. The number of nitrogens with zero attached hydrogens (tertiary/aromatic N) is 3. The standard InChI is InChI=1S/C13H19ClN4/c1-8-5-10(7-18(8)11-3-4-11)17-13-6-12(14)15-9(2)16-13/h6,8,10-11H,3-5,7H2,1-2H3,(H,15,16,17). The molecule has 5 heteroatoms. The highest BCUT2D eigenvalue weighted by atomic mass is 35.5. The van der Waals surface area contributed by atoms with Gasteiger partial charge in [0.2, 0.25) is 0 Å². The minimum atomic E-state index is 0.478. The van der Waals surface area contributed by atoms with Crippen molar-refractivity contribution < 1.29 is 0 Å². The van der Waals surface area contributed by atoms with E-state index in [1.54, 1.807) is 6.07 Å². The van der Waals surface area contributed by atoms with Crippen LogP contribution in [0.1, 0.15) is 32.0 Å². The van der Waals surface area contributed by atoms with Crippen molar-refractivity contribution in [3.05, 3.63) is 17.0 Å². The molecule has 18 heavy (non-hydrogen) atoms. The fraction of sp³-hybridized carbons (Fsp3) is 0.692. The topological polar surface area (TPSA) is 41.1 Å². The lowest BCUT2D eigenvalue weighted by Gasteiger charge is -2.19. The first-order valence-corrected chi connectivity index (χ1v) is 7.03. The van der Waals surface area contributed by atoms with Gasteiger partial charge in [-0.3, -0.25) is 4.90 Å². The second kappa shape index (κ2) is 4.67. The molecule has 0 amide bonds. The average Bonchev–Trinajstić information content (AvgIpc) is 3.02. The summed E-state index contributed by atoms with van der Waals surface area (Å²) >= 11 is 5.95. The van der Waals surface area contributed by atoms with Gasteiger partial charge in [0, 0.05) is 30.7 Å². The Labute approximate surface area is 113 Å². The molecular formula is C13H19ClN4. The van der Waals surface area contributed by atoms with Crippen LogP contribution in [0.3, 0.4) is 0 Å². The predicted molar refractivity (Wildman–Crippen MR) is 73.0 cm³/mol. The smallest absolute Gasteiger partial charge is 0.134 e. The van der Waals surface area contributed by atoms with Crippen LogP contribution in [-0.2, 0) is 0 Å². The SMILES string of the molecule is Cc1nc(Cl)cc(NC2CC(C)N(C3CC3)C2)n1. The third-order valence-electron chi connectivity index (χ3n) is 3.80. The van der Waals surface area contributed by atoms with E-state index in [2.05, 4.69) is 27.1 Å². The zero-order chi connectivity index (χ0) is 12.7. The van der Waals surface area contributed by atoms with E-state index < -0.39 is 0 Å². The molecule has 1 aromatic heterocycles. The minimum absolute atomic E-state index is 0.478. The molecule has 0 spiro atoms. The lowest BCUT2D eigenvalue weighted by molar-refractivity contribution is 0.257. The lowest BCUT2D eigenvalue weighted by Crippen LogP contribution is -2.31. The Hall–Kier alpha value is -0.870. The van der Waals surface area contributed by atoms with Gasteiger partial charge in [-0.1, -0.05) is 11.6 Å². The van der Waals surface area contributed by atoms with Crippen LogP contribution in [-0.4, -0.2) is 39.5 Å². The highest BCUT2D eigenvalue weighted by Crippen LogP contribution is 2.34. The van der Waals surface area contributed by atoms with Gasteiger partial charge in [-0.2, -0.15) is 0 Å². The Balaban J connectivity index is 1.66. The molecule has 2 aliphatic rings. The van der Waals surface area contributed by atoms with Gasteiger partial charge in [-0.05, 0) is 33.1 Å². The van der Waals surface area contributed by atoms with E-state index in [4.69, 9.17) is 11.6 Å². The van der Waals surface area contributed by atoms with Gasteiger partial charge >= 0.3 is 0 Å². The van der Waals surface area contributed by atoms with E-state index in [9.17, 15) is 0 Å². The van der Waals surface area contributed by atoms with Crippen LogP contribution in [0.15, 0.2) is 6.07 Å². The molecule has 1 saturated heterocycles. The van der Waals surface area contributed by atoms with Crippen LogP contribution in [0.4, 0.5) is 5.82 Å².